The Labute approximate surface area is 139 Å². The molecule has 0 radical (unpaired) electrons. The first-order valence-corrected chi connectivity index (χ1v) is 8.20. The van der Waals surface area contributed by atoms with E-state index in [0.717, 1.165) is 5.02 Å². The van der Waals surface area contributed by atoms with Crippen LogP contribution >= 0.6 is 34.2 Å². The third-order valence-corrected chi connectivity index (χ3v) is 4.71. The summed E-state index contributed by atoms with van der Waals surface area (Å²) in [6, 6.07) is 15.0. The van der Waals surface area contributed by atoms with Crippen molar-refractivity contribution in [3.63, 3.8) is 0 Å². The molecule has 3 heteroatoms. The predicted molar refractivity (Wildman–Crippen MR) is 95.6 cm³/mol. The van der Waals surface area contributed by atoms with Crippen molar-refractivity contribution >= 4 is 34.2 Å². The molecule has 0 fully saturated rings. The number of hydrogen-bond acceptors (Lipinski definition) is 1. The van der Waals surface area contributed by atoms with Gasteiger partial charge in [-0.15, -0.1) is 0 Å². The maximum Gasteiger partial charge on any atom is 0.0585 e. The summed E-state index contributed by atoms with van der Waals surface area (Å²) < 4.78 is 1.22. The van der Waals surface area contributed by atoms with Crippen LogP contribution in [-0.2, 0) is 0 Å². The smallest absolute Gasteiger partial charge is 0.0585 e. The molecule has 0 aliphatic carbocycles. The Morgan fingerprint density at radius 1 is 1.00 bits per heavy atom. The van der Waals surface area contributed by atoms with E-state index in [1.54, 1.807) is 0 Å². The molecular formula is C17H19ClIN. The SMILES string of the molecule is CNC(c1ccc(C(C)C)cc1)c1cc(Cl)ccc1I. The van der Waals surface area contributed by atoms with E-state index in [-0.39, 0.29) is 6.04 Å². The largest absolute Gasteiger partial charge is 0.309 e. The van der Waals surface area contributed by atoms with Crippen molar-refractivity contribution in [2.75, 3.05) is 7.05 Å². The fraction of sp³-hybridized carbons (Fsp3) is 0.294. The second-order valence-electron chi connectivity index (χ2n) is 5.21. The molecule has 0 saturated heterocycles. The van der Waals surface area contributed by atoms with E-state index in [1.807, 2.05) is 19.2 Å². The molecule has 0 amide bonds. The summed E-state index contributed by atoms with van der Waals surface area (Å²) in [5.41, 5.74) is 3.85. The lowest BCUT2D eigenvalue weighted by Gasteiger charge is -2.20. The molecular weight excluding hydrogens is 381 g/mol. The second kappa shape index (κ2) is 6.92. The Morgan fingerprint density at radius 2 is 1.60 bits per heavy atom. The van der Waals surface area contributed by atoms with Gasteiger partial charge in [0, 0.05) is 8.59 Å². The van der Waals surface area contributed by atoms with E-state index in [4.69, 9.17) is 11.6 Å². The van der Waals surface area contributed by atoms with Crippen LogP contribution in [0.25, 0.3) is 0 Å². The molecule has 2 rings (SSSR count). The van der Waals surface area contributed by atoms with Crippen LogP contribution < -0.4 is 5.32 Å². The maximum atomic E-state index is 6.14. The first kappa shape index (κ1) is 15.8. The molecule has 0 aliphatic rings. The summed E-state index contributed by atoms with van der Waals surface area (Å²) in [5, 5.41) is 4.17. The van der Waals surface area contributed by atoms with Gasteiger partial charge in [0.15, 0.2) is 0 Å². The van der Waals surface area contributed by atoms with Gasteiger partial charge in [-0.05, 0) is 70.4 Å². The molecule has 0 spiro atoms. The van der Waals surface area contributed by atoms with Crippen molar-refractivity contribution in [1.29, 1.82) is 0 Å². The van der Waals surface area contributed by atoms with E-state index in [0.29, 0.717) is 5.92 Å². The van der Waals surface area contributed by atoms with Gasteiger partial charge >= 0.3 is 0 Å². The molecule has 20 heavy (non-hydrogen) atoms. The highest BCUT2D eigenvalue weighted by Gasteiger charge is 2.15. The molecule has 2 aromatic carbocycles. The van der Waals surface area contributed by atoms with Gasteiger partial charge in [-0.3, -0.25) is 0 Å². The molecule has 0 aromatic heterocycles. The van der Waals surface area contributed by atoms with Crippen molar-refractivity contribution in [3.05, 3.63) is 67.7 Å². The highest BCUT2D eigenvalue weighted by Crippen LogP contribution is 2.29. The summed E-state index contributed by atoms with van der Waals surface area (Å²) in [7, 11) is 1.98. The van der Waals surface area contributed by atoms with Gasteiger partial charge in [0.1, 0.15) is 0 Å². The van der Waals surface area contributed by atoms with Gasteiger partial charge in [-0.25, -0.2) is 0 Å². The van der Waals surface area contributed by atoms with Crippen LogP contribution in [0.2, 0.25) is 5.02 Å². The zero-order chi connectivity index (χ0) is 14.7. The minimum absolute atomic E-state index is 0.168. The lowest BCUT2D eigenvalue weighted by Crippen LogP contribution is -2.18. The summed E-state index contributed by atoms with van der Waals surface area (Å²) in [4.78, 5) is 0. The number of hydrogen-bond donors (Lipinski definition) is 1. The predicted octanol–water partition coefficient (Wildman–Crippen LogP) is 5.38. The fourth-order valence-corrected chi connectivity index (χ4v) is 3.14. The topological polar surface area (TPSA) is 12.0 Å². The molecule has 0 saturated carbocycles. The average molecular weight is 400 g/mol. The van der Waals surface area contributed by atoms with E-state index < -0.39 is 0 Å². The van der Waals surface area contributed by atoms with Gasteiger partial charge < -0.3 is 5.32 Å². The fourth-order valence-electron chi connectivity index (χ4n) is 2.31. The molecule has 1 atom stereocenters. The van der Waals surface area contributed by atoms with Crippen LogP contribution in [-0.4, -0.2) is 7.05 Å². The van der Waals surface area contributed by atoms with Crippen LogP contribution in [0.1, 0.15) is 42.5 Å². The van der Waals surface area contributed by atoms with E-state index in [2.05, 4.69) is 72.1 Å². The van der Waals surface area contributed by atoms with E-state index >= 15 is 0 Å². The minimum atomic E-state index is 0.168. The molecule has 2 aromatic rings. The van der Waals surface area contributed by atoms with Crippen molar-refractivity contribution in [3.8, 4) is 0 Å². The zero-order valence-corrected chi connectivity index (χ0v) is 14.9. The van der Waals surface area contributed by atoms with Crippen LogP contribution in [0, 0.1) is 3.57 Å². The number of rotatable bonds is 4. The number of benzene rings is 2. The Bertz CT molecular complexity index is 578. The Kier molecular flexibility index (Phi) is 5.47. The standard InChI is InChI=1S/C17H19ClIN/c1-11(2)12-4-6-13(7-5-12)17(20-3)15-10-14(18)8-9-16(15)19/h4-11,17,20H,1-3H3. The summed E-state index contributed by atoms with van der Waals surface area (Å²) in [6.07, 6.45) is 0. The van der Waals surface area contributed by atoms with Gasteiger partial charge in [0.05, 0.1) is 6.04 Å². The van der Waals surface area contributed by atoms with Crippen LogP contribution in [0.3, 0.4) is 0 Å². The molecule has 1 nitrogen and oxygen atoms in total. The van der Waals surface area contributed by atoms with Crippen LogP contribution in [0.15, 0.2) is 42.5 Å². The van der Waals surface area contributed by atoms with Crippen LogP contribution in [0.4, 0.5) is 0 Å². The summed E-state index contributed by atoms with van der Waals surface area (Å²) >= 11 is 8.50. The van der Waals surface area contributed by atoms with Crippen molar-refractivity contribution in [2.24, 2.45) is 0 Å². The maximum absolute atomic E-state index is 6.14. The quantitative estimate of drug-likeness (QED) is 0.681. The lowest BCUT2D eigenvalue weighted by atomic mass is 9.95. The third kappa shape index (κ3) is 3.54. The molecule has 1 N–H and O–H groups in total. The monoisotopic (exact) mass is 399 g/mol. The highest BCUT2D eigenvalue weighted by atomic mass is 127. The highest BCUT2D eigenvalue weighted by molar-refractivity contribution is 14.1. The second-order valence-corrected chi connectivity index (χ2v) is 6.81. The molecule has 106 valence electrons. The zero-order valence-electron chi connectivity index (χ0n) is 12.0. The average Bonchev–Trinajstić information content (AvgIpc) is 2.44. The minimum Gasteiger partial charge on any atom is -0.309 e. The van der Waals surface area contributed by atoms with E-state index in [1.165, 1.54) is 20.3 Å². The molecule has 0 aliphatic heterocycles. The third-order valence-electron chi connectivity index (χ3n) is 3.49. The van der Waals surface area contributed by atoms with Gasteiger partial charge in [0.2, 0.25) is 0 Å². The van der Waals surface area contributed by atoms with Crippen molar-refractivity contribution in [2.45, 2.75) is 25.8 Å². The normalized spacial score (nSPS) is 12.7. The molecule has 0 bridgehead atoms. The molecule has 1 unspecified atom stereocenters. The van der Waals surface area contributed by atoms with Crippen LogP contribution in [0.5, 0.6) is 0 Å². The van der Waals surface area contributed by atoms with Gasteiger partial charge in [0.25, 0.3) is 0 Å². The van der Waals surface area contributed by atoms with Gasteiger partial charge in [-0.2, -0.15) is 0 Å². The Hall–Kier alpha value is -0.580. The van der Waals surface area contributed by atoms with E-state index in [9.17, 15) is 0 Å². The number of halogens is 2. The lowest BCUT2D eigenvalue weighted by molar-refractivity contribution is 0.687. The number of nitrogens with one attached hydrogen (secondary N) is 1. The first-order valence-electron chi connectivity index (χ1n) is 6.75. The van der Waals surface area contributed by atoms with Crippen molar-refractivity contribution < 1.29 is 0 Å². The van der Waals surface area contributed by atoms with Gasteiger partial charge in [-0.1, -0.05) is 49.7 Å². The summed E-state index contributed by atoms with van der Waals surface area (Å²) in [6.45, 7) is 4.43. The Morgan fingerprint density at radius 3 is 2.15 bits per heavy atom. The van der Waals surface area contributed by atoms with Crippen molar-refractivity contribution in [1.82, 2.24) is 5.32 Å². The molecule has 0 heterocycles. The first-order chi connectivity index (χ1) is 9.52. The Balaban J connectivity index is 2.39. The summed E-state index contributed by atoms with van der Waals surface area (Å²) in [5.74, 6) is 0.559.